The number of aromatic amines is 1. The monoisotopic (exact) mass is 350 g/mol. The molecule has 1 aromatic heterocycles. The third-order valence-corrected chi connectivity index (χ3v) is 5.38. The third-order valence-electron chi connectivity index (χ3n) is 5.38. The van der Waals surface area contributed by atoms with Crippen molar-refractivity contribution in [1.82, 2.24) is 10.3 Å². The SMILES string of the molecule is COc1ccc(CCC2NCCc3c2[nH]c2ccc(C)cc32)cc1OC. The number of benzene rings is 2. The molecule has 0 radical (unpaired) electrons. The Hall–Kier alpha value is -2.46. The fourth-order valence-corrected chi connectivity index (χ4v) is 4.02. The van der Waals surface area contributed by atoms with Gasteiger partial charge in [0.05, 0.1) is 14.2 Å². The molecule has 2 aromatic carbocycles. The molecule has 0 spiro atoms. The highest BCUT2D eigenvalue weighted by atomic mass is 16.5. The van der Waals surface area contributed by atoms with Crippen LogP contribution >= 0.6 is 0 Å². The van der Waals surface area contributed by atoms with E-state index in [0.717, 1.165) is 37.3 Å². The minimum atomic E-state index is 0.361. The highest BCUT2D eigenvalue weighted by Crippen LogP contribution is 2.33. The number of hydrogen-bond donors (Lipinski definition) is 2. The zero-order valence-corrected chi connectivity index (χ0v) is 15.7. The highest BCUT2D eigenvalue weighted by molar-refractivity contribution is 5.85. The molecule has 0 fully saturated rings. The second-order valence-corrected chi connectivity index (χ2v) is 7.05. The molecular weight excluding hydrogens is 324 g/mol. The lowest BCUT2D eigenvalue weighted by Crippen LogP contribution is -2.30. The fourth-order valence-electron chi connectivity index (χ4n) is 4.02. The van der Waals surface area contributed by atoms with E-state index in [1.807, 2.05) is 6.07 Å². The Morgan fingerprint density at radius 2 is 1.88 bits per heavy atom. The Morgan fingerprint density at radius 1 is 1.04 bits per heavy atom. The van der Waals surface area contributed by atoms with E-state index < -0.39 is 0 Å². The Bertz CT molecular complexity index is 929. The molecule has 0 saturated heterocycles. The number of hydrogen-bond acceptors (Lipinski definition) is 3. The topological polar surface area (TPSA) is 46.3 Å². The van der Waals surface area contributed by atoms with Crippen LogP contribution in [0.4, 0.5) is 0 Å². The van der Waals surface area contributed by atoms with Crippen molar-refractivity contribution in [3.05, 3.63) is 58.8 Å². The van der Waals surface area contributed by atoms with Gasteiger partial charge in [-0.1, -0.05) is 17.7 Å². The van der Waals surface area contributed by atoms with Gasteiger partial charge in [-0.25, -0.2) is 0 Å². The predicted molar refractivity (Wildman–Crippen MR) is 105 cm³/mol. The lowest BCUT2D eigenvalue weighted by Gasteiger charge is -2.24. The van der Waals surface area contributed by atoms with Crippen LogP contribution < -0.4 is 14.8 Å². The third kappa shape index (κ3) is 3.06. The first-order valence-corrected chi connectivity index (χ1v) is 9.25. The fraction of sp³-hybridized carbons (Fsp3) is 0.364. The number of nitrogens with one attached hydrogen (secondary N) is 2. The number of rotatable bonds is 5. The lowest BCUT2D eigenvalue weighted by atomic mass is 9.94. The second kappa shape index (κ2) is 7.04. The van der Waals surface area contributed by atoms with Crippen LogP contribution in [0.1, 0.15) is 34.8 Å². The lowest BCUT2D eigenvalue weighted by molar-refractivity contribution is 0.354. The van der Waals surface area contributed by atoms with Crippen molar-refractivity contribution in [1.29, 1.82) is 0 Å². The quantitative estimate of drug-likeness (QED) is 0.721. The maximum absolute atomic E-state index is 5.43. The molecule has 0 bridgehead atoms. The van der Waals surface area contributed by atoms with Gasteiger partial charge in [0.25, 0.3) is 0 Å². The normalized spacial score (nSPS) is 16.5. The van der Waals surface area contributed by atoms with Crippen LogP contribution in [-0.2, 0) is 12.8 Å². The van der Waals surface area contributed by atoms with Gasteiger partial charge in [0, 0.05) is 22.6 Å². The molecule has 4 nitrogen and oxygen atoms in total. The molecule has 0 amide bonds. The smallest absolute Gasteiger partial charge is 0.160 e. The van der Waals surface area contributed by atoms with Gasteiger partial charge in [-0.05, 0) is 68.1 Å². The van der Waals surface area contributed by atoms with Gasteiger partial charge in [-0.3, -0.25) is 0 Å². The Morgan fingerprint density at radius 3 is 2.69 bits per heavy atom. The number of aryl methyl sites for hydroxylation is 2. The van der Waals surface area contributed by atoms with Crippen LogP contribution in [0.3, 0.4) is 0 Å². The van der Waals surface area contributed by atoms with Crippen molar-refractivity contribution in [2.45, 2.75) is 32.2 Å². The Kier molecular flexibility index (Phi) is 4.60. The van der Waals surface area contributed by atoms with Gasteiger partial charge in [0.2, 0.25) is 0 Å². The zero-order valence-electron chi connectivity index (χ0n) is 15.7. The standard InChI is InChI=1S/C22H26N2O2/c1-14-4-7-18-17(12-14)16-10-11-23-19(22(16)24-18)8-5-15-6-9-20(25-2)21(13-15)26-3/h4,6-7,9,12-13,19,23-24H,5,8,10-11H2,1-3H3. The first kappa shape index (κ1) is 17.0. The summed E-state index contributed by atoms with van der Waals surface area (Å²) in [5.74, 6) is 1.57. The minimum Gasteiger partial charge on any atom is -0.493 e. The van der Waals surface area contributed by atoms with Gasteiger partial charge < -0.3 is 19.8 Å². The number of aromatic nitrogens is 1. The molecule has 2 heterocycles. The molecule has 1 aliphatic rings. The van der Waals surface area contributed by atoms with Crippen molar-refractivity contribution in [2.75, 3.05) is 20.8 Å². The first-order valence-electron chi connectivity index (χ1n) is 9.25. The summed E-state index contributed by atoms with van der Waals surface area (Å²) in [5, 5.41) is 5.07. The second-order valence-electron chi connectivity index (χ2n) is 7.05. The van der Waals surface area contributed by atoms with Crippen molar-refractivity contribution >= 4 is 10.9 Å². The molecule has 4 heteroatoms. The molecule has 4 rings (SSSR count). The number of fused-ring (bicyclic) bond motifs is 3. The summed E-state index contributed by atoms with van der Waals surface area (Å²) < 4.78 is 10.8. The Labute approximate surface area is 154 Å². The van der Waals surface area contributed by atoms with Crippen LogP contribution in [0.2, 0.25) is 0 Å². The van der Waals surface area contributed by atoms with E-state index in [-0.39, 0.29) is 0 Å². The van der Waals surface area contributed by atoms with Crippen molar-refractivity contribution < 1.29 is 9.47 Å². The molecule has 136 valence electrons. The van der Waals surface area contributed by atoms with Gasteiger partial charge in [0.15, 0.2) is 11.5 Å². The van der Waals surface area contributed by atoms with Crippen molar-refractivity contribution in [2.24, 2.45) is 0 Å². The molecule has 1 aliphatic heterocycles. The van der Waals surface area contributed by atoms with E-state index in [4.69, 9.17) is 9.47 Å². The van der Waals surface area contributed by atoms with E-state index in [1.165, 1.54) is 33.3 Å². The highest BCUT2D eigenvalue weighted by Gasteiger charge is 2.23. The summed E-state index contributed by atoms with van der Waals surface area (Å²) in [6.45, 7) is 3.19. The van der Waals surface area contributed by atoms with Gasteiger partial charge in [0.1, 0.15) is 0 Å². The molecule has 0 saturated carbocycles. The first-order chi connectivity index (χ1) is 12.7. The van der Waals surface area contributed by atoms with Crippen molar-refractivity contribution in [3.8, 4) is 11.5 Å². The van der Waals surface area contributed by atoms with E-state index in [0.29, 0.717) is 6.04 Å². The zero-order chi connectivity index (χ0) is 18.1. The Balaban J connectivity index is 1.56. The maximum Gasteiger partial charge on any atom is 0.160 e. The number of methoxy groups -OCH3 is 2. The van der Waals surface area contributed by atoms with E-state index in [1.54, 1.807) is 14.2 Å². The van der Waals surface area contributed by atoms with Crippen LogP contribution in [0.5, 0.6) is 11.5 Å². The van der Waals surface area contributed by atoms with Gasteiger partial charge in [-0.15, -0.1) is 0 Å². The largest absolute Gasteiger partial charge is 0.493 e. The van der Waals surface area contributed by atoms with Gasteiger partial charge >= 0.3 is 0 Å². The molecule has 3 aromatic rings. The summed E-state index contributed by atoms with van der Waals surface area (Å²) in [5.41, 5.74) is 6.68. The van der Waals surface area contributed by atoms with Crippen LogP contribution in [0.25, 0.3) is 10.9 Å². The number of ether oxygens (including phenoxy) is 2. The van der Waals surface area contributed by atoms with Gasteiger partial charge in [-0.2, -0.15) is 0 Å². The molecule has 1 atom stereocenters. The molecule has 0 aliphatic carbocycles. The van der Waals surface area contributed by atoms with Crippen LogP contribution in [0.15, 0.2) is 36.4 Å². The molecule has 2 N–H and O–H groups in total. The summed E-state index contributed by atoms with van der Waals surface area (Å²) in [6.07, 6.45) is 3.13. The van der Waals surface area contributed by atoms with Crippen molar-refractivity contribution in [3.63, 3.8) is 0 Å². The molecule has 1 unspecified atom stereocenters. The number of H-pyrrole nitrogens is 1. The summed E-state index contributed by atoms with van der Waals surface area (Å²) >= 11 is 0. The molecular formula is C22H26N2O2. The predicted octanol–water partition coefficient (Wildman–Crippen LogP) is 4.31. The minimum absolute atomic E-state index is 0.361. The average molecular weight is 350 g/mol. The van der Waals surface area contributed by atoms with Crippen LogP contribution in [-0.4, -0.2) is 25.7 Å². The van der Waals surface area contributed by atoms with E-state index in [2.05, 4.69) is 47.6 Å². The molecule has 26 heavy (non-hydrogen) atoms. The average Bonchev–Trinajstić information content (AvgIpc) is 3.04. The summed E-state index contributed by atoms with van der Waals surface area (Å²) in [7, 11) is 3.35. The van der Waals surface area contributed by atoms with E-state index >= 15 is 0 Å². The van der Waals surface area contributed by atoms with E-state index in [9.17, 15) is 0 Å². The maximum atomic E-state index is 5.43. The summed E-state index contributed by atoms with van der Waals surface area (Å²) in [6, 6.07) is 13.2. The summed E-state index contributed by atoms with van der Waals surface area (Å²) in [4.78, 5) is 3.66. The van der Waals surface area contributed by atoms with Crippen LogP contribution in [0, 0.1) is 6.92 Å².